The third-order valence-corrected chi connectivity index (χ3v) is 4.62. The largest absolute Gasteiger partial charge is 0.360 e. The Kier molecular flexibility index (Phi) is 8.60. The lowest BCUT2D eigenvalue weighted by atomic mass is 10.2. The monoisotopic (exact) mass is 426 g/mol. The number of hydrogen-bond acceptors (Lipinski definition) is 4. The van der Waals surface area contributed by atoms with Crippen LogP contribution in [0.25, 0.3) is 0 Å². The topological polar surface area (TPSA) is 87.5 Å². The van der Waals surface area contributed by atoms with E-state index in [4.69, 9.17) is 27.7 Å². The predicted molar refractivity (Wildman–Crippen MR) is 111 cm³/mol. The number of benzene rings is 1. The minimum atomic E-state index is -0.446. The summed E-state index contributed by atoms with van der Waals surface area (Å²) in [5.74, 6) is 0.519. The molecule has 28 heavy (non-hydrogen) atoms. The van der Waals surface area contributed by atoms with E-state index in [9.17, 15) is 9.59 Å². The summed E-state index contributed by atoms with van der Waals surface area (Å²) in [5, 5.41) is 9.70. The second kappa shape index (κ2) is 10.9. The molecule has 3 amide bonds. The van der Waals surface area contributed by atoms with Crippen molar-refractivity contribution in [3.63, 3.8) is 0 Å². The van der Waals surface area contributed by atoms with Gasteiger partial charge in [-0.25, -0.2) is 4.79 Å². The minimum Gasteiger partial charge on any atom is -0.360 e. The van der Waals surface area contributed by atoms with Crippen molar-refractivity contribution in [2.45, 2.75) is 39.5 Å². The van der Waals surface area contributed by atoms with Gasteiger partial charge >= 0.3 is 6.03 Å². The van der Waals surface area contributed by atoms with Crippen LogP contribution in [0.2, 0.25) is 10.0 Å². The van der Waals surface area contributed by atoms with E-state index in [0.29, 0.717) is 33.9 Å². The summed E-state index contributed by atoms with van der Waals surface area (Å²) >= 11 is 12.2. The Morgan fingerprint density at radius 1 is 1.14 bits per heavy atom. The number of halogens is 2. The number of para-hydroxylation sites is 1. The smallest absolute Gasteiger partial charge is 0.322 e. The van der Waals surface area contributed by atoms with Gasteiger partial charge in [0.05, 0.1) is 15.7 Å². The number of anilines is 2. The number of amides is 3. The first-order valence-electron chi connectivity index (χ1n) is 9.13. The molecule has 0 unspecified atom stereocenters. The van der Waals surface area contributed by atoms with Gasteiger partial charge in [0.25, 0.3) is 0 Å². The molecule has 1 aromatic heterocycles. The van der Waals surface area contributed by atoms with Crippen LogP contribution in [0.4, 0.5) is 16.3 Å². The van der Waals surface area contributed by atoms with Crippen molar-refractivity contribution in [1.29, 1.82) is 0 Å². The molecule has 0 radical (unpaired) electrons. The fourth-order valence-electron chi connectivity index (χ4n) is 2.57. The van der Waals surface area contributed by atoms with E-state index in [-0.39, 0.29) is 12.5 Å². The molecule has 0 fully saturated rings. The maximum Gasteiger partial charge on any atom is 0.322 e. The molecule has 1 aromatic carbocycles. The quantitative estimate of drug-likeness (QED) is 0.529. The van der Waals surface area contributed by atoms with Gasteiger partial charge in [-0.1, -0.05) is 60.6 Å². The van der Waals surface area contributed by atoms with Crippen LogP contribution < -0.4 is 10.6 Å². The van der Waals surface area contributed by atoms with Gasteiger partial charge in [0, 0.05) is 12.6 Å². The Hall–Kier alpha value is -2.25. The normalized spacial score (nSPS) is 10.6. The summed E-state index contributed by atoms with van der Waals surface area (Å²) in [7, 11) is 0. The minimum absolute atomic E-state index is 0.133. The van der Waals surface area contributed by atoms with Crippen LogP contribution in [0.15, 0.2) is 28.8 Å². The molecule has 2 N–H and O–H groups in total. The van der Waals surface area contributed by atoms with Gasteiger partial charge < -0.3 is 20.1 Å². The molecule has 2 rings (SSSR count). The van der Waals surface area contributed by atoms with Gasteiger partial charge in [-0.2, -0.15) is 0 Å². The van der Waals surface area contributed by atoms with Crippen molar-refractivity contribution in [3.05, 3.63) is 40.1 Å². The number of aromatic nitrogens is 1. The zero-order valence-electron chi connectivity index (χ0n) is 15.9. The van der Waals surface area contributed by atoms with E-state index < -0.39 is 6.03 Å². The molecule has 0 spiro atoms. The fraction of sp³-hybridized carbons (Fsp3) is 0.421. The first-order valence-corrected chi connectivity index (χ1v) is 9.89. The van der Waals surface area contributed by atoms with Crippen LogP contribution in [-0.2, 0) is 4.79 Å². The number of carbonyl (C=O) groups is 2. The second-order valence-corrected chi connectivity index (χ2v) is 7.19. The van der Waals surface area contributed by atoms with E-state index in [0.717, 1.165) is 25.7 Å². The molecule has 7 nitrogen and oxygen atoms in total. The van der Waals surface area contributed by atoms with Crippen molar-refractivity contribution in [3.8, 4) is 0 Å². The molecule has 152 valence electrons. The number of unbranched alkanes of at least 4 members (excludes halogenated alkanes) is 3. The van der Waals surface area contributed by atoms with Gasteiger partial charge in [0.1, 0.15) is 12.3 Å². The summed E-state index contributed by atoms with van der Waals surface area (Å²) in [4.78, 5) is 26.5. The highest BCUT2D eigenvalue weighted by Crippen LogP contribution is 2.30. The standard InChI is InChI=1S/C19H24Cl2N4O3/c1-3-4-5-6-10-25(12-17(26)22-16-11-13(2)28-24-16)19(27)23-18-14(20)8-7-9-15(18)21/h7-9,11H,3-6,10,12H2,1-2H3,(H,23,27)(H,22,24,26). The molecule has 0 bridgehead atoms. The number of nitrogens with zero attached hydrogens (tertiary/aromatic N) is 2. The van der Waals surface area contributed by atoms with E-state index in [1.807, 2.05) is 0 Å². The van der Waals surface area contributed by atoms with Crippen LogP contribution in [0.3, 0.4) is 0 Å². The number of rotatable bonds is 9. The van der Waals surface area contributed by atoms with Gasteiger partial charge in [0.15, 0.2) is 5.82 Å². The highest BCUT2D eigenvalue weighted by atomic mass is 35.5. The van der Waals surface area contributed by atoms with Crippen molar-refractivity contribution in [2.24, 2.45) is 0 Å². The van der Waals surface area contributed by atoms with Gasteiger partial charge in [-0.05, 0) is 25.5 Å². The maximum atomic E-state index is 12.8. The van der Waals surface area contributed by atoms with Crippen LogP contribution in [0.5, 0.6) is 0 Å². The van der Waals surface area contributed by atoms with Crippen LogP contribution >= 0.6 is 23.2 Å². The Morgan fingerprint density at radius 2 is 1.86 bits per heavy atom. The maximum absolute atomic E-state index is 12.8. The fourth-order valence-corrected chi connectivity index (χ4v) is 3.06. The highest BCUT2D eigenvalue weighted by molar-refractivity contribution is 6.39. The Balaban J connectivity index is 2.04. The number of hydrogen-bond donors (Lipinski definition) is 2. The molecule has 0 atom stereocenters. The Morgan fingerprint density at radius 3 is 2.46 bits per heavy atom. The number of nitrogens with one attached hydrogen (secondary N) is 2. The molecular weight excluding hydrogens is 403 g/mol. The highest BCUT2D eigenvalue weighted by Gasteiger charge is 2.20. The molecule has 9 heteroatoms. The molecule has 0 aliphatic heterocycles. The molecule has 0 aliphatic rings. The van der Waals surface area contributed by atoms with Gasteiger partial charge in [-0.15, -0.1) is 0 Å². The molecule has 0 aliphatic carbocycles. The summed E-state index contributed by atoms with van der Waals surface area (Å²) < 4.78 is 4.93. The zero-order valence-corrected chi connectivity index (χ0v) is 17.4. The number of urea groups is 1. The van der Waals surface area contributed by atoms with Gasteiger partial charge in [0.2, 0.25) is 5.91 Å². The zero-order chi connectivity index (χ0) is 20.5. The lowest BCUT2D eigenvalue weighted by molar-refractivity contribution is -0.116. The third-order valence-electron chi connectivity index (χ3n) is 3.99. The third kappa shape index (κ3) is 6.73. The lowest BCUT2D eigenvalue weighted by Gasteiger charge is -2.23. The lowest BCUT2D eigenvalue weighted by Crippen LogP contribution is -2.41. The second-order valence-electron chi connectivity index (χ2n) is 6.38. The first kappa shape index (κ1) is 22.0. The average Bonchev–Trinajstić information content (AvgIpc) is 3.05. The van der Waals surface area contributed by atoms with E-state index in [1.165, 1.54) is 4.90 Å². The van der Waals surface area contributed by atoms with E-state index in [1.54, 1.807) is 31.2 Å². The molecule has 0 saturated carbocycles. The average molecular weight is 427 g/mol. The van der Waals surface area contributed by atoms with Crippen molar-refractivity contribution in [1.82, 2.24) is 10.1 Å². The summed E-state index contributed by atoms with van der Waals surface area (Å²) in [6, 6.07) is 6.11. The molecule has 0 saturated heterocycles. The van der Waals surface area contributed by atoms with Crippen LogP contribution in [0, 0.1) is 6.92 Å². The molecule has 2 aromatic rings. The Bertz CT molecular complexity index is 790. The summed E-state index contributed by atoms with van der Waals surface area (Å²) in [6.45, 7) is 4.13. The van der Waals surface area contributed by atoms with E-state index in [2.05, 4.69) is 22.7 Å². The number of aryl methyl sites for hydroxylation is 1. The predicted octanol–water partition coefficient (Wildman–Crippen LogP) is 5.34. The number of carbonyl (C=O) groups excluding carboxylic acids is 2. The van der Waals surface area contributed by atoms with Crippen LogP contribution in [-0.4, -0.2) is 35.1 Å². The van der Waals surface area contributed by atoms with Gasteiger partial charge in [-0.3, -0.25) is 4.79 Å². The molecule has 1 heterocycles. The summed E-state index contributed by atoms with van der Waals surface area (Å²) in [5.41, 5.74) is 0.321. The van der Waals surface area contributed by atoms with E-state index >= 15 is 0 Å². The SMILES string of the molecule is CCCCCCN(CC(=O)Nc1cc(C)on1)C(=O)Nc1c(Cl)cccc1Cl. The van der Waals surface area contributed by atoms with Crippen molar-refractivity contribution < 1.29 is 14.1 Å². The van der Waals surface area contributed by atoms with Crippen molar-refractivity contribution >= 4 is 46.6 Å². The molecular formula is C19H24Cl2N4O3. The summed E-state index contributed by atoms with van der Waals surface area (Å²) in [6.07, 6.45) is 3.90. The first-order chi connectivity index (χ1) is 13.4. The van der Waals surface area contributed by atoms with Crippen molar-refractivity contribution in [2.75, 3.05) is 23.7 Å². The van der Waals surface area contributed by atoms with Crippen LogP contribution in [0.1, 0.15) is 38.4 Å². The Labute approximate surface area is 174 Å².